The van der Waals surface area contributed by atoms with Crippen molar-refractivity contribution in [2.45, 2.75) is 6.92 Å². The summed E-state index contributed by atoms with van der Waals surface area (Å²) >= 11 is 1.30. The average Bonchev–Trinajstić information content (AvgIpc) is 2.66. The predicted molar refractivity (Wildman–Crippen MR) is 57.6 cm³/mol. The van der Waals surface area contributed by atoms with E-state index >= 15 is 0 Å². The van der Waals surface area contributed by atoms with E-state index in [4.69, 9.17) is 0 Å². The average molecular weight is 221 g/mol. The molecule has 0 saturated heterocycles. The molecule has 2 rings (SSSR count). The van der Waals surface area contributed by atoms with E-state index in [2.05, 4.69) is 4.98 Å². The third-order valence-corrected chi connectivity index (χ3v) is 3.01. The highest BCUT2D eigenvalue weighted by Gasteiger charge is 2.07. The fourth-order valence-corrected chi connectivity index (χ4v) is 2.15. The fourth-order valence-electron chi connectivity index (χ4n) is 1.33. The number of benzene rings is 1. The Bertz CT molecular complexity index is 507. The third kappa shape index (κ3) is 1.94. The quantitative estimate of drug-likeness (QED) is 0.729. The van der Waals surface area contributed by atoms with E-state index in [1.807, 2.05) is 6.92 Å². The number of aromatic nitrogens is 1. The molecule has 1 heterocycles. The Kier molecular flexibility index (Phi) is 2.60. The summed E-state index contributed by atoms with van der Waals surface area (Å²) in [6.07, 6.45) is 2.29. The van der Waals surface area contributed by atoms with Gasteiger partial charge in [-0.3, -0.25) is 4.79 Å². The monoisotopic (exact) mass is 221 g/mol. The Hall–Kier alpha value is -1.55. The Morgan fingerprint density at radius 1 is 1.47 bits per heavy atom. The smallest absolute Gasteiger partial charge is 0.161 e. The standard InChI is InChI=1S/C11H8FNOS/c1-7-4-8(12)2-3-10(7)11-13-5-9(6-14)15-11/h2-6H,1H3. The minimum atomic E-state index is -0.261. The zero-order valence-electron chi connectivity index (χ0n) is 8.03. The minimum absolute atomic E-state index is 0.261. The summed E-state index contributed by atoms with van der Waals surface area (Å²) in [5, 5.41) is 0.745. The van der Waals surface area contributed by atoms with E-state index in [1.165, 1.54) is 29.7 Å². The van der Waals surface area contributed by atoms with Crippen molar-refractivity contribution < 1.29 is 9.18 Å². The maximum atomic E-state index is 12.9. The maximum absolute atomic E-state index is 12.9. The second-order valence-electron chi connectivity index (χ2n) is 3.14. The first-order valence-corrected chi connectivity index (χ1v) is 5.20. The van der Waals surface area contributed by atoms with Crippen LogP contribution in [-0.4, -0.2) is 11.3 Å². The van der Waals surface area contributed by atoms with Gasteiger partial charge in [0.1, 0.15) is 10.8 Å². The molecule has 2 nitrogen and oxygen atoms in total. The van der Waals surface area contributed by atoms with Crippen molar-refractivity contribution in [1.29, 1.82) is 0 Å². The van der Waals surface area contributed by atoms with E-state index < -0.39 is 0 Å². The van der Waals surface area contributed by atoms with Crippen molar-refractivity contribution in [3.05, 3.63) is 40.7 Å². The second kappa shape index (κ2) is 3.90. The number of aldehydes is 1. The van der Waals surface area contributed by atoms with Crippen molar-refractivity contribution in [3.63, 3.8) is 0 Å². The number of hydrogen-bond donors (Lipinski definition) is 0. The van der Waals surface area contributed by atoms with E-state index in [9.17, 15) is 9.18 Å². The number of aryl methyl sites for hydroxylation is 1. The molecule has 0 spiro atoms. The Morgan fingerprint density at radius 3 is 2.87 bits per heavy atom. The van der Waals surface area contributed by atoms with Gasteiger partial charge >= 0.3 is 0 Å². The van der Waals surface area contributed by atoms with Crippen molar-refractivity contribution in [3.8, 4) is 10.6 Å². The zero-order valence-corrected chi connectivity index (χ0v) is 8.84. The SMILES string of the molecule is Cc1cc(F)ccc1-c1ncc(C=O)s1. The normalized spacial score (nSPS) is 10.3. The molecule has 2 aromatic rings. The molecular weight excluding hydrogens is 213 g/mol. The molecule has 0 aliphatic heterocycles. The Labute approximate surface area is 90.4 Å². The lowest BCUT2D eigenvalue weighted by molar-refractivity contribution is 0.112. The van der Waals surface area contributed by atoms with Crippen LogP contribution in [0.4, 0.5) is 4.39 Å². The number of rotatable bonds is 2. The van der Waals surface area contributed by atoms with E-state index in [1.54, 1.807) is 6.07 Å². The van der Waals surface area contributed by atoms with Crippen LogP contribution in [0.1, 0.15) is 15.2 Å². The lowest BCUT2D eigenvalue weighted by Gasteiger charge is -2.00. The minimum Gasteiger partial charge on any atom is -0.297 e. The summed E-state index contributed by atoms with van der Waals surface area (Å²) in [6, 6.07) is 4.53. The highest BCUT2D eigenvalue weighted by atomic mass is 32.1. The van der Waals surface area contributed by atoms with Gasteiger partial charge in [-0.15, -0.1) is 11.3 Å². The largest absolute Gasteiger partial charge is 0.297 e. The first-order chi connectivity index (χ1) is 7.20. The molecule has 0 aliphatic carbocycles. The molecule has 15 heavy (non-hydrogen) atoms. The van der Waals surface area contributed by atoms with Crippen LogP contribution in [0.5, 0.6) is 0 Å². The van der Waals surface area contributed by atoms with Crippen molar-refractivity contribution in [2.75, 3.05) is 0 Å². The second-order valence-corrected chi connectivity index (χ2v) is 4.21. The number of thiazole rings is 1. The van der Waals surface area contributed by atoms with Crippen LogP contribution in [0, 0.1) is 12.7 Å². The van der Waals surface area contributed by atoms with Gasteiger partial charge in [0.15, 0.2) is 6.29 Å². The van der Waals surface area contributed by atoms with Crippen molar-refractivity contribution in [1.82, 2.24) is 4.98 Å². The van der Waals surface area contributed by atoms with Gasteiger partial charge in [-0.05, 0) is 30.7 Å². The molecule has 0 amide bonds. The van der Waals surface area contributed by atoms with Gasteiger partial charge in [0.25, 0.3) is 0 Å². The van der Waals surface area contributed by atoms with Crippen LogP contribution in [0.3, 0.4) is 0 Å². The lowest BCUT2D eigenvalue weighted by Crippen LogP contribution is -1.83. The van der Waals surface area contributed by atoms with Crippen LogP contribution in [0.25, 0.3) is 10.6 Å². The Balaban J connectivity index is 2.49. The first-order valence-electron chi connectivity index (χ1n) is 4.38. The predicted octanol–water partition coefficient (Wildman–Crippen LogP) is 3.07. The van der Waals surface area contributed by atoms with Gasteiger partial charge in [0, 0.05) is 11.8 Å². The summed E-state index contributed by atoms with van der Waals surface area (Å²) in [5.74, 6) is -0.261. The van der Waals surface area contributed by atoms with Crippen LogP contribution in [0.2, 0.25) is 0 Å². The molecule has 76 valence electrons. The zero-order chi connectivity index (χ0) is 10.8. The summed E-state index contributed by atoms with van der Waals surface area (Å²) in [6.45, 7) is 1.82. The molecule has 1 aromatic carbocycles. The van der Waals surface area contributed by atoms with Crippen LogP contribution in [0.15, 0.2) is 24.4 Å². The van der Waals surface area contributed by atoms with E-state index in [-0.39, 0.29) is 5.82 Å². The molecule has 1 aromatic heterocycles. The van der Waals surface area contributed by atoms with Crippen molar-refractivity contribution >= 4 is 17.6 Å². The molecular formula is C11H8FNOS. The molecule has 0 atom stereocenters. The van der Waals surface area contributed by atoms with Gasteiger partial charge in [-0.25, -0.2) is 9.37 Å². The van der Waals surface area contributed by atoms with Crippen LogP contribution in [-0.2, 0) is 0 Å². The number of hydrogen-bond acceptors (Lipinski definition) is 3. The highest BCUT2D eigenvalue weighted by Crippen LogP contribution is 2.27. The molecule has 0 unspecified atom stereocenters. The van der Waals surface area contributed by atoms with Gasteiger partial charge < -0.3 is 0 Å². The summed E-state index contributed by atoms with van der Waals surface area (Å²) in [5.41, 5.74) is 1.69. The number of halogens is 1. The van der Waals surface area contributed by atoms with Crippen molar-refractivity contribution in [2.24, 2.45) is 0 Å². The molecule has 0 bridgehead atoms. The number of nitrogens with zero attached hydrogens (tertiary/aromatic N) is 1. The van der Waals surface area contributed by atoms with Gasteiger partial charge in [0.2, 0.25) is 0 Å². The number of carbonyl (C=O) groups excluding carboxylic acids is 1. The van der Waals surface area contributed by atoms with Crippen LogP contribution < -0.4 is 0 Å². The van der Waals surface area contributed by atoms with E-state index in [0.717, 1.165) is 22.4 Å². The van der Waals surface area contributed by atoms with Gasteiger partial charge in [0.05, 0.1) is 4.88 Å². The molecule has 0 saturated carbocycles. The summed E-state index contributed by atoms with van der Waals surface area (Å²) < 4.78 is 12.9. The van der Waals surface area contributed by atoms with Crippen LogP contribution >= 0.6 is 11.3 Å². The number of carbonyl (C=O) groups is 1. The molecule has 0 radical (unpaired) electrons. The Morgan fingerprint density at radius 2 is 2.27 bits per heavy atom. The topological polar surface area (TPSA) is 30.0 Å². The van der Waals surface area contributed by atoms with Gasteiger partial charge in [-0.2, -0.15) is 0 Å². The fraction of sp³-hybridized carbons (Fsp3) is 0.0909. The summed E-state index contributed by atoms with van der Waals surface area (Å²) in [4.78, 5) is 15.2. The molecule has 0 aliphatic rings. The van der Waals surface area contributed by atoms with E-state index in [0.29, 0.717) is 4.88 Å². The maximum Gasteiger partial charge on any atom is 0.161 e. The molecule has 4 heteroatoms. The lowest BCUT2D eigenvalue weighted by atomic mass is 10.1. The summed E-state index contributed by atoms with van der Waals surface area (Å²) in [7, 11) is 0. The highest BCUT2D eigenvalue weighted by molar-refractivity contribution is 7.16. The molecule has 0 fully saturated rings. The molecule has 0 N–H and O–H groups in total. The van der Waals surface area contributed by atoms with Gasteiger partial charge in [-0.1, -0.05) is 0 Å². The first kappa shape index (κ1) is 9.98. The third-order valence-electron chi connectivity index (χ3n) is 2.06.